The van der Waals surface area contributed by atoms with Gasteiger partial charge in [-0.3, -0.25) is 0 Å². The Morgan fingerprint density at radius 3 is 2.57 bits per heavy atom. The van der Waals surface area contributed by atoms with E-state index < -0.39 is 0 Å². The largest absolute Gasteiger partial charge is 0.493 e. The molecular formula is C16H22N2O2S. The van der Waals surface area contributed by atoms with Crippen LogP contribution in [0.15, 0.2) is 18.2 Å². The number of hydrogen-bond donors (Lipinski definition) is 1. The molecule has 1 aromatic carbocycles. The van der Waals surface area contributed by atoms with Crippen molar-refractivity contribution in [1.82, 2.24) is 10.3 Å². The first-order valence-corrected chi connectivity index (χ1v) is 7.85. The lowest BCUT2D eigenvalue weighted by atomic mass is 10.2. The van der Waals surface area contributed by atoms with E-state index in [4.69, 9.17) is 14.5 Å². The minimum absolute atomic E-state index is 0.321. The number of benzene rings is 1. The quantitative estimate of drug-likeness (QED) is 0.881. The molecule has 0 saturated carbocycles. The van der Waals surface area contributed by atoms with Crippen molar-refractivity contribution in [3.8, 4) is 22.1 Å². The van der Waals surface area contributed by atoms with Crippen LogP contribution in [-0.4, -0.2) is 25.7 Å². The molecule has 0 aliphatic carbocycles. The molecule has 1 atom stereocenters. The summed E-state index contributed by atoms with van der Waals surface area (Å²) in [5.41, 5.74) is 2.13. The number of aromatic nitrogens is 1. The zero-order chi connectivity index (χ0) is 15.4. The summed E-state index contributed by atoms with van der Waals surface area (Å²) in [6.45, 7) is 7.29. The molecule has 1 aromatic heterocycles. The van der Waals surface area contributed by atoms with Crippen LogP contribution < -0.4 is 14.8 Å². The fraction of sp³-hybridized carbons (Fsp3) is 0.438. The summed E-state index contributed by atoms with van der Waals surface area (Å²) in [7, 11) is 3.29. The van der Waals surface area contributed by atoms with Crippen LogP contribution in [0.3, 0.4) is 0 Å². The van der Waals surface area contributed by atoms with Crippen LogP contribution >= 0.6 is 11.3 Å². The summed E-state index contributed by atoms with van der Waals surface area (Å²) in [5, 5.41) is 4.44. The maximum absolute atomic E-state index is 5.36. The van der Waals surface area contributed by atoms with E-state index >= 15 is 0 Å². The first kappa shape index (κ1) is 15.8. The molecule has 0 bridgehead atoms. The molecule has 1 unspecified atom stereocenters. The predicted molar refractivity (Wildman–Crippen MR) is 87.5 cm³/mol. The highest BCUT2D eigenvalue weighted by atomic mass is 32.1. The molecule has 0 amide bonds. The molecular weight excluding hydrogens is 284 g/mol. The lowest BCUT2D eigenvalue weighted by Crippen LogP contribution is -2.17. The minimum atomic E-state index is 0.321. The molecule has 0 aliphatic rings. The second-order valence-electron chi connectivity index (χ2n) is 4.82. The lowest BCUT2D eigenvalue weighted by Gasteiger charge is -2.10. The number of rotatable bonds is 6. The normalized spacial score (nSPS) is 12.2. The van der Waals surface area contributed by atoms with E-state index in [1.165, 1.54) is 4.88 Å². The van der Waals surface area contributed by atoms with Gasteiger partial charge >= 0.3 is 0 Å². The molecule has 0 saturated heterocycles. The van der Waals surface area contributed by atoms with E-state index in [-0.39, 0.29) is 0 Å². The third-order valence-corrected chi connectivity index (χ3v) is 4.76. The van der Waals surface area contributed by atoms with Gasteiger partial charge in [-0.05, 0) is 38.6 Å². The van der Waals surface area contributed by atoms with Crippen LogP contribution in [0.25, 0.3) is 10.6 Å². The van der Waals surface area contributed by atoms with Crippen LogP contribution in [-0.2, 0) is 0 Å². The monoisotopic (exact) mass is 306 g/mol. The molecule has 2 rings (SSSR count). The van der Waals surface area contributed by atoms with Gasteiger partial charge in [-0.1, -0.05) is 6.92 Å². The Balaban J connectivity index is 2.36. The standard InChI is InChI=1S/C16H22N2O2S/c1-6-17-10(2)15-11(3)18-16(21-15)12-7-8-13(19-4)14(9-12)20-5/h7-10,17H,6H2,1-5H3. The summed E-state index contributed by atoms with van der Waals surface area (Å²) in [5.74, 6) is 1.46. The number of nitrogens with one attached hydrogen (secondary N) is 1. The average molecular weight is 306 g/mol. The lowest BCUT2D eigenvalue weighted by molar-refractivity contribution is 0.355. The fourth-order valence-corrected chi connectivity index (χ4v) is 3.39. The van der Waals surface area contributed by atoms with E-state index in [1.54, 1.807) is 25.6 Å². The van der Waals surface area contributed by atoms with Gasteiger partial charge in [-0.2, -0.15) is 0 Å². The van der Waals surface area contributed by atoms with Crippen LogP contribution in [0, 0.1) is 6.92 Å². The number of methoxy groups -OCH3 is 2. The third-order valence-electron chi connectivity index (χ3n) is 3.37. The maximum atomic E-state index is 5.36. The SMILES string of the molecule is CCNC(C)c1sc(-c2ccc(OC)c(OC)c2)nc1C. The van der Waals surface area contributed by atoms with Gasteiger partial charge in [0.1, 0.15) is 5.01 Å². The van der Waals surface area contributed by atoms with Crippen molar-refractivity contribution in [2.24, 2.45) is 0 Å². The summed E-state index contributed by atoms with van der Waals surface area (Å²) < 4.78 is 10.6. The van der Waals surface area contributed by atoms with Crippen LogP contribution in [0.2, 0.25) is 0 Å². The topological polar surface area (TPSA) is 43.4 Å². The Kier molecular flexibility index (Phi) is 5.20. The molecule has 0 fully saturated rings. The van der Waals surface area contributed by atoms with Crippen molar-refractivity contribution < 1.29 is 9.47 Å². The Hall–Kier alpha value is -1.59. The summed E-state index contributed by atoms with van der Waals surface area (Å²) in [6, 6.07) is 6.22. The number of nitrogens with zero attached hydrogens (tertiary/aromatic N) is 1. The minimum Gasteiger partial charge on any atom is -0.493 e. The van der Waals surface area contributed by atoms with E-state index in [0.29, 0.717) is 6.04 Å². The second kappa shape index (κ2) is 6.91. The first-order chi connectivity index (χ1) is 10.1. The number of ether oxygens (including phenoxy) is 2. The Labute approximate surface area is 130 Å². The Morgan fingerprint density at radius 2 is 1.95 bits per heavy atom. The van der Waals surface area contributed by atoms with Gasteiger partial charge in [0.2, 0.25) is 0 Å². The van der Waals surface area contributed by atoms with Crippen LogP contribution in [0.4, 0.5) is 0 Å². The second-order valence-corrected chi connectivity index (χ2v) is 5.85. The summed E-state index contributed by atoms with van der Waals surface area (Å²) >= 11 is 1.72. The van der Waals surface area contributed by atoms with E-state index in [9.17, 15) is 0 Å². The van der Waals surface area contributed by atoms with Crippen molar-refractivity contribution in [1.29, 1.82) is 0 Å². The summed E-state index contributed by atoms with van der Waals surface area (Å²) in [4.78, 5) is 5.98. The van der Waals surface area contributed by atoms with Crippen molar-refractivity contribution in [2.45, 2.75) is 26.8 Å². The Morgan fingerprint density at radius 1 is 1.24 bits per heavy atom. The molecule has 1 heterocycles. The van der Waals surface area contributed by atoms with Crippen LogP contribution in [0.5, 0.6) is 11.5 Å². The molecule has 0 radical (unpaired) electrons. The van der Waals surface area contributed by atoms with E-state index in [0.717, 1.165) is 34.3 Å². The van der Waals surface area contributed by atoms with Gasteiger partial charge in [0, 0.05) is 16.5 Å². The highest BCUT2D eigenvalue weighted by Gasteiger charge is 2.15. The number of aryl methyl sites for hydroxylation is 1. The third kappa shape index (κ3) is 3.36. The highest BCUT2D eigenvalue weighted by molar-refractivity contribution is 7.15. The molecule has 114 valence electrons. The zero-order valence-electron chi connectivity index (χ0n) is 13.2. The maximum Gasteiger partial charge on any atom is 0.161 e. The molecule has 0 spiro atoms. The Bertz CT molecular complexity index is 610. The molecule has 2 aromatic rings. The molecule has 4 nitrogen and oxygen atoms in total. The summed E-state index contributed by atoms with van der Waals surface area (Å²) in [6.07, 6.45) is 0. The predicted octanol–water partition coefficient (Wildman–Crippen LogP) is 3.81. The van der Waals surface area contributed by atoms with E-state index in [1.807, 2.05) is 18.2 Å². The smallest absolute Gasteiger partial charge is 0.161 e. The highest BCUT2D eigenvalue weighted by Crippen LogP contribution is 2.36. The van der Waals surface area contributed by atoms with Crippen LogP contribution in [0.1, 0.15) is 30.5 Å². The fourth-order valence-electron chi connectivity index (χ4n) is 2.30. The van der Waals surface area contributed by atoms with Crippen molar-refractivity contribution >= 4 is 11.3 Å². The van der Waals surface area contributed by atoms with Gasteiger partial charge in [-0.25, -0.2) is 4.98 Å². The van der Waals surface area contributed by atoms with Crippen molar-refractivity contribution in [3.63, 3.8) is 0 Å². The average Bonchev–Trinajstić information content (AvgIpc) is 2.88. The number of hydrogen-bond acceptors (Lipinski definition) is 5. The van der Waals surface area contributed by atoms with Gasteiger partial charge < -0.3 is 14.8 Å². The molecule has 5 heteroatoms. The first-order valence-electron chi connectivity index (χ1n) is 7.03. The van der Waals surface area contributed by atoms with Crippen molar-refractivity contribution in [3.05, 3.63) is 28.8 Å². The van der Waals surface area contributed by atoms with Crippen molar-refractivity contribution in [2.75, 3.05) is 20.8 Å². The van der Waals surface area contributed by atoms with Gasteiger partial charge in [0.25, 0.3) is 0 Å². The molecule has 0 aliphatic heterocycles. The zero-order valence-corrected chi connectivity index (χ0v) is 14.0. The van der Waals surface area contributed by atoms with Gasteiger partial charge in [0.15, 0.2) is 11.5 Å². The van der Waals surface area contributed by atoms with Gasteiger partial charge in [-0.15, -0.1) is 11.3 Å². The number of thiazole rings is 1. The van der Waals surface area contributed by atoms with E-state index in [2.05, 4.69) is 26.1 Å². The molecule has 21 heavy (non-hydrogen) atoms. The van der Waals surface area contributed by atoms with Gasteiger partial charge in [0.05, 0.1) is 19.9 Å². The molecule has 1 N–H and O–H groups in total.